The molecule has 0 spiro atoms. The van der Waals surface area contributed by atoms with Crippen LogP contribution in [0.3, 0.4) is 0 Å². The monoisotopic (exact) mass is 619 g/mol. The molecule has 1 saturated heterocycles. The van der Waals surface area contributed by atoms with Crippen LogP contribution in [0.2, 0.25) is 0 Å². The number of carbonyl (C=O) groups is 2. The molecule has 5 rings (SSSR count). The van der Waals surface area contributed by atoms with E-state index in [2.05, 4.69) is 24.1 Å². The standard InChI is InChI=1S/C32H40F3N3O4S/c1-21(2)19-38(25-11-12-25)26-13-14-29(23(18-26)20-43(41,42)27-9-4-3-5-10-27)37-16-15-28(31(37)40)36-30(39)22-7-6-8-24(17-22)32(33,34)35/h3-10,17,21,23,25-26,28-29H,11-16,18-20H2,1-2H3,(H,36,39)/t23-,26?,28-,29?/m0/s1. The molecule has 2 amide bonds. The zero-order chi connectivity index (χ0) is 30.9. The minimum absolute atomic E-state index is 0.0800. The van der Waals surface area contributed by atoms with Crippen molar-refractivity contribution in [3.8, 4) is 0 Å². The lowest BCUT2D eigenvalue weighted by Crippen LogP contribution is -2.53. The van der Waals surface area contributed by atoms with Gasteiger partial charge in [0.05, 0.1) is 16.2 Å². The van der Waals surface area contributed by atoms with E-state index in [-0.39, 0.29) is 40.1 Å². The second kappa shape index (κ2) is 12.6. The van der Waals surface area contributed by atoms with Crippen molar-refractivity contribution < 1.29 is 31.2 Å². The summed E-state index contributed by atoms with van der Waals surface area (Å²) < 4.78 is 66.6. The van der Waals surface area contributed by atoms with Crippen LogP contribution in [0.4, 0.5) is 13.2 Å². The fraction of sp³-hybridized carbons (Fsp3) is 0.562. The summed E-state index contributed by atoms with van der Waals surface area (Å²) in [7, 11) is -3.62. The molecule has 11 heteroatoms. The number of sulfone groups is 1. The van der Waals surface area contributed by atoms with Crippen molar-refractivity contribution in [3.63, 3.8) is 0 Å². The number of hydrogen-bond donors (Lipinski definition) is 1. The van der Waals surface area contributed by atoms with Gasteiger partial charge < -0.3 is 10.2 Å². The Balaban J connectivity index is 1.33. The Morgan fingerprint density at radius 3 is 2.35 bits per heavy atom. The molecule has 2 aromatic rings. The minimum Gasteiger partial charge on any atom is -0.340 e. The largest absolute Gasteiger partial charge is 0.416 e. The quantitative estimate of drug-likeness (QED) is 0.397. The maximum atomic E-state index is 13.6. The molecule has 2 aromatic carbocycles. The second-order valence-corrected chi connectivity index (χ2v) is 14.7. The molecule has 2 unspecified atom stereocenters. The summed E-state index contributed by atoms with van der Waals surface area (Å²) in [5, 5.41) is 2.63. The van der Waals surface area contributed by atoms with Gasteiger partial charge in [0.15, 0.2) is 9.84 Å². The number of halogens is 3. The van der Waals surface area contributed by atoms with Crippen LogP contribution in [0.25, 0.3) is 0 Å². The van der Waals surface area contributed by atoms with Crippen LogP contribution < -0.4 is 5.32 Å². The molecule has 1 N–H and O–H groups in total. The van der Waals surface area contributed by atoms with Gasteiger partial charge in [-0.1, -0.05) is 38.1 Å². The zero-order valence-corrected chi connectivity index (χ0v) is 25.4. The molecule has 43 heavy (non-hydrogen) atoms. The molecule has 0 aromatic heterocycles. The highest BCUT2D eigenvalue weighted by Gasteiger charge is 2.46. The first-order valence-electron chi connectivity index (χ1n) is 15.2. The van der Waals surface area contributed by atoms with E-state index in [1.807, 2.05) is 0 Å². The lowest BCUT2D eigenvalue weighted by molar-refractivity contribution is -0.137. The minimum atomic E-state index is -4.59. The number of nitrogens with one attached hydrogen (secondary N) is 1. The van der Waals surface area contributed by atoms with Crippen LogP contribution in [0.1, 0.15) is 68.3 Å². The maximum Gasteiger partial charge on any atom is 0.416 e. The number of nitrogens with zero attached hydrogens (tertiary/aromatic N) is 2. The molecule has 3 aliphatic rings. The lowest BCUT2D eigenvalue weighted by atomic mass is 9.80. The summed E-state index contributed by atoms with van der Waals surface area (Å²) in [6.07, 6.45) is 0.180. The Kier molecular flexibility index (Phi) is 9.23. The molecular weight excluding hydrogens is 579 g/mol. The van der Waals surface area contributed by atoms with Crippen molar-refractivity contribution in [2.45, 2.75) is 87.6 Å². The number of rotatable bonds is 10. The molecule has 234 valence electrons. The van der Waals surface area contributed by atoms with Crippen LogP contribution in [-0.4, -0.2) is 73.0 Å². The van der Waals surface area contributed by atoms with E-state index in [0.29, 0.717) is 37.8 Å². The number of amides is 2. The van der Waals surface area contributed by atoms with E-state index >= 15 is 0 Å². The van der Waals surface area contributed by atoms with Crippen LogP contribution in [-0.2, 0) is 20.8 Å². The number of alkyl halides is 3. The SMILES string of the molecule is CC(C)CN(C1CC1)C1CCC(N2CC[C@H](NC(=O)c3cccc(C(F)(F)F)c3)C2=O)[C@H](CS(=O)(=O)c2ccccc2)C1. The summed E-state index contributed by atoms with van der Waals surface area (Å²) in [5.41, 5.74) is -1.10. The molecule has 4 atom stereocenters. The smallest absolute Gasteiger partial charge is 0.340 e. The van der Waals surface area contributed by atoms with E-state index < -0.39 is 33.5 Å². The first-order valence-corrected chi connectivity index (χ1v) is 16.8. The summed E-state index contributed by atoms with van der Waals surface area (Å²) in [4.78, 5) is 31.0. The summed E-state index contributed by atoms with van der Waals surface area (Å²) in [6, 6.07) is 12.1. The van der Waals surface area contributed by atoms with Crippen LogP contribution in [0, 0.1) is 11.8 Å². The van der Waals surface area contributed by atoms with Crippen LogP contribution >= 0.6 is 0 Å². The molecule has 1 heterocycles. The molecule has 7 nitrogen and oxygen atoms in total. The van der Waals surface area contributed by atoms with Crippen molar-refractivity contribution in [1.82, 2.24) is 15.1 Å². The highest BCUT2D eigenvalue weighted by molar-refractivity contribution is 7.91. The summed E-state index contributed by atoms with van der Waals surface area (Å²) >= 11 is 0. The van der Waals surface area contributed by atoms with E-state index in [9.17, 15) is 31.2 Å². The Labute approximate surface area is 251 Å². The third-order valence-electron chi connectivity index (χ3n) is 8.91. The molecule has 1 aliphatic heterocycles. The Morgan fingerprint density at radius 2 is 1.70 bits per heavy atom. The maximum absolute atomic E-state index is 13.6. The van der Waals surface area contributed by atoms with Gasteiger partial charge >= 0.3 is 6.18 Å². The van der Waals surface area contributed by atoms with Crippen LogP contribution in [0.5, 0.6) is 0 Å². The van der Waals surface area contributed by atoms with E-state index in [4.69, 9.17) is 0 Å². The fourth-order valence-electron chi connectivity index (χ4n) is 6.79. The van der Waals surface area contributed by atoms with Gasteiger partial charge in [0.2, 0.25) is 5.91 Å². The topological polar surface area (TPSA) is 86.8 Å². The van der Waals surface area contributed by atoms with Crippen molar-refractivity contribution in [2.75, 3.05) is 18.8 Å². The van der Waals surface area contributed by atoms with Crippen LogP contribution in [0.15, 0.2) is 59.5 Å². The van der Waals surface area contributed by atoms with Gasteiger partial charge in [-0.3, -0.25) is 14.5 Å². The van der Waals surface area contributed by atoms with Gasteiger partial charge in [0, 0.05) is 36.8 Å². The first-order chi connectivity index (χ1) is 20.3. The van der Waals surface area contributed by atoms with Gasteiger partial charge in [0.1, 0.15) is 6.04 Å². The third kappa shape index (κ3) is 7.42. The van der Waals surface area contributed by atoms with Crippen molar-refractivity contribution in [2.24, 2.45) is 11.8 Å². The van der Waals surface area contributed by atoms with E-state index in [1.165, 1.54) is 12.1 Å². The normalized spacial score (nSPS) is 25.0. The summed E-state index contributed by atoms with van der Waals surface area (Å²) in [5.74, 6) is -0.951. The number of carbonyl (C=O) groups excluding carboxylic acids is 2. The van der Waals surface area contributed by atoms with E-state index in [0.717, 1.165) is 37.9 Å². The predicted octanol–water partition coefficient (Wildman–Crippen LogP) is 5.17. The van der Waals surface area contributed by atoms with Gasteiger partial charge in [-0.15, -0.1) is 0 Å². The molecule has 2 saturated carbocycles. The lowest BCUT2D eigenvalue weighted by Gasteiger charge is -2.45. The average Bonchev–Trinajstić information content (AvgIpc) is 3.75. The van der Waals surface area contributed by atoms with Gasteiger partial charge in [-0.2, -0.15) is 13.2 Å². The van der Waals surface area contributed by atoms with Gasteiger partial charge in [-0.05, 0) is 80.7 Å². The number of hydrogen-bond acceptors (Lipinski definition) is 5. The molecule has 3 fully saturated rings. The molecule has 0 radical (unpaired) electrons. The Bertz CT molecular complexity index is 1410. The van der Waals surface area contributed by atoms with E-state index in [1.54, 1.807) is 35.2 Å². The first kappa shape index (κ1) is 31.5. The van der Waals surface area contributed by atoms with Gasteiger partial charge in [0.25, 0.3) is 5.91 Å². The fourth-order valence-corrected chi connectivity index (χ4v) is 8.47. The summed E-state index contributed by atoms with van der Waals surface area (Å²) in [6.45, 7) is 5.68. The average molecular weight is 620 g/mol. The van der Waals surface area contributed by atoms with Crippen molar-refractivity contribution in [3.05, 3.63) is 65.7 Å². The molecular formula is C32H40F3N3O4S. The van der Waals surface area contributed by atoms with Crippen molar-refractivity contribution >= 4 is 21.7 Å². The van der Waals surface area contributed by atoms with Gasteiger partial charge in [-0.25, -0.2) is 8.42 Å². The molecule has 2 aliphatic carbocycles. The highest BCUT2D eigenvalue weighted by Crippen LogP contribution is 2.39. The Hall–Kier alpha value is -2.92. The molecule has 0 bridgehead atoms. The number of likely N-dealkylation sites (tertiary alicyclic amines) is 1. The highest BCUT2D eigenvalue weighted by atomic mass is 32.2. The second-order valence-electron chi connectivity index (χ2n) is 12.6. The predicted molar refractivity (Wildman–Crippen MR) is 157 cm³/mol. The Morgan fingerprint density at radius 1 is 1.00 bits per heavy atom. The number of benzene rings is 2. The zero-order valence-electron chi connectivity index (χ0n) is 24.6. The third-order valence-corrected chi connectivity index (χ3v) is 10.8. The van der Waals surface area contributed by atoms with Crippen molar-refractivity contribution in [1.29, 1.82) is 0 Å².